The molecule has 0 aromatic heterocycles. The predicted molar refractivity (Wildman–Crippen MR) is 76.6 cm³/mol. The van der Waals surface area contributed by atoms with Crippen molar-refractivity contribution in [2.24, 2.45) is 0 Å². The highest BCUT2D eigenvalue weighted by Gasteiger charge is 2.27. The van der Waals surface area contributed by atoms with E-state index in [9.17, 15) is 9.90 Å². The SMILES string of the molecule is Cc1ccc(C(=O)N2CCCC(C)(O)CC2)cc1Cl. The van der Waals surface area contributed by atoms with Crippen LogP contribution in [0, 0.1) is 6.92 Å². The molecule has 0 radical (unpaired) electrons. The maximum atomic E-state index is 12.4. The molecule has 19 heavy (non-hydrogen) atoms. The molecule has 4 heteroatoms. The van der Waals surface area contributed by atoms with E-state index in [2.05, 4.69) is 0 Å². The highest BCUT2D eigenvalue weighted by atomic mass is 35.5. The first kappa shape index (κ1) is 14.4. The van der Waals surface area contributed by atoms with Gasteiger partial charge in [0.2, 0.25) is 0 Å². The molecule has 1 aromatic carbocycles. The van der Waals surface area contributed by atoms with Crippen LogP contribution < -0.4 is 0 Å². The number of benzene rings is 1. The lowest BCUT2D eigenvalue weighted by Gasteiger charge is -2.22. The van der Waals surface area contributed by atoms with Crippen LogP contribution in [0.4, 0.5) is 0 Å². The van der Waals surface area contributed by atoms with Crippen molar-refractivity contribution in [1.82, 2.24) is 4.90 Å². The van der Waals surface area contributed by atoms with E-state index in [1.807, 2.05) is 30.9 Å². The van der Waals surface area contributed by atoms with Crippen LogP contribution >= 0.6 is 11.6 Å². The lowest BCUT2D eigenvalue weighted by atomic mass is 9.98. The third-order valence-electron chi connectivity index (χ3n) is 3.77. The van der Waals surface area contributed by atoms with Crippen LogP contribution in [0.25, 0.3) is 0 Å². The summed E-state index contributed by atoms with van der Waals surface area (Å²) in [4.78, 5) is 14.2. The van der Waals surface area contributed by atoms with Crippen molar-refractivity contribution in [1.29, 1.82) is 0 Å². The number of nitrogens with zero attached hydrogens (tertiary/aromatic N) is 1. The first-order valence-corrected chi connectivity index (χ1v) is 7.05. The van der Waals surface area contributed by atoms with Crippen LogP contribution in [0.3, 0.4) is 0 Å². The van der Waals surface area contributed by atoms with E-state index in [-0.39, 0.29) is 5.91 Å². The van der Waals surface area contributed by atoms with Crippen LogP contribution in [0.15, 0.2) is 18.2 Å². The molecular weight excluding hydrogens is 262 g/mol. The average Bonchev–Trinajstić information content (AvgIpc) is 2.53. The quantitative estimate of drug-likeness (QED) is 0.860. The van der Waals surface area contributed by atoms with E-state index >= 15 is 0 Å². The van der Waals surface area contributed by atoms with Crippen LogP contribution in [-0.4, -0.2) is 34.6 Å². The number of aliphatic hydroxyl groups is 1. The molecule has 1 aromatic rings. The van der Waals surface area contributed by atoms with Crippen molar-refractivity contribution >= 4 is 17.5 Å². The second-order valence-corrected chi connectivity index (χ2v) is 6.01. The predicted octanol–water partition coefficient (Wildman–Crippen LogP) is 3.03. The Kier molecular flexibility index (Phi) is 4.16. The van der Waals surface area contributed by atoms with Gasteiger partial charge in [0.25, 0.3) is 5.91 Å². The van der Waals surface area contributed by atoms with E-state index in [1.54, 1.807) is 6.07 Å². The molecule has 0 aliphatic carbocycles. The topological polar surface area (TPSA) is 40.5 Å². The Bertz CT molecular complexity index is 485. The number of hydrogen-bond donors (Lipinski definition) is 1. The van der Waals surface area contributed by atoms with Gasteiger partial charge in [0.05, 0.1) is 5.60 Å². The Morgan fingerprint density at radius 2 is 2.11 bits per heavy atom. The number of carbonyl (C=O) groups excluding carboxylic acids is 1. The zero-order valence-corrected chi connectivity index (χ0v) is 12.2. The van der Waals surface area contributed by atoms with Crippen LogP contribution in [0.5, 0.6) is 0 Å². The Morgan fingerprint density at radius 3 is 2.79 bits per heavy atom. The molecule has 1 amide bonds. The van der Waals surface area contributed by atoms with Crippen LogP contribution in [-0.2, 0) is 0 Å². The van der Waals surface area contributed by atoms with E-state index in [4.69, 9.17) is 11.6 Å². The zero-order chi connectivity index (χ0) is 14.0. The van der Waals surface area contributed by atoms with Crippen molar-refractivity contribution in [3.05, 3.63) is 34.3 Å². The molecule has 1 atom stereocenters. The second kappa shape index (κ2) is 5.51. The normalized spacial score (nSPS) is 24.1. The molecule has 0 saturated carbocycles. The molecule has 1 fully saturated rings. The van der Waals surface area contributed by atoms with Gasteiger partial charge in [-0.2, -0.15) is 0 Å². The molecule has 1 aliphatic heterocycles. The molecule has 1 N–H and O–H groups in total. The maximum absolute atomic E-state index is 12.4. The van der Waals surface area contributed by atoms with E-state index in [0.29, 0.717) is 30.1 Å². The molecule has 1 aliphatic rings. The summed E-state index contributed by atoms with van der Waals surface area (Å²) in [5.74, 6) is -0.000370. The Labute approximate surface area is 119 Å². The number of aryl methyl sites for hydroxylation is 1. The summed E-state index contributed by atoms with van der Waals surface area (Å²) >= 11 is 6.06. The van der Waals surface area contributed by atoms with Gasteiger partial charge in [-0.25, -0.2) is 0 Å². The minimum atomic E-state index is -0.653. The zero-order valence-electron chi connectivity index (χ0n) is 11.4. The molecule has 1 saturated heterocycles. The molecule has 3 nitrogen and oxygen atoms in total. The fourth-order valence-corrected chi connectivity index (χ4v) is 2.56. The highest BCUT2D eigenvalue weighted by molar-refractivity contribution is 6.31. The number of carbonyl (C=O) groups is 1. The molecular formula is C15H20ClNO2. The molecule has 104 valence electrons. The second-order valence-electron chi connectivity index (χ2n) is 5.61. The molecule has 1 unspecified atom stereocenters. The monoisotopic (exact) mass is 281 g/mol. The first-order chi connectivity index (χ1) is 8.89. The molecule has 0 spiro atoms. The number of halogens is 1. The summed E-state index contributed by atoms with van der Waals surface area (Å²) in [6.45, 7) is 5.04. The summed E-state index contributed by atoms with van der Waals surface area (Å²) in [5.41, 5.74) is 0.939. The lowest BCUT2D eigenvalue weighted by molar-refractivity contribution is 0.0438. The van der Waals surface area contributed by atoms with Crippen molar-refractivity contribution in [2.75, 3.05) is 13.1 Å². The van der Waals surface area contributed by atoms with Gasteiger partial charge in [0.1, 0.15) is 0 Å². The van der Waals surface area contributed by atoms with E-state index < -0.39 is 5.60 Å². The maximum Gasteiger partial charge on any atom is 0.253 e. The van der Waals surface area contributed by atoms with Gasteiger partial charge in [-0.05, 0) is 50.8 Å². The standard InChI is InChI=1S/C15H20ClNO2/c1-11-4-5-12(10-13(11)16)14(18)17-8-3-6-15(2,19)7-9-17/h4-5,10,19H,3,6-9H2,1-2H3. The van der Waals surface area contributed by atoms with Gasteiger partial charge in [0.15, 0.2) is 0 Å². The van der Waals surface area contributed by atoms with Gasteiger partial charge in [-0.15, -0.1) is 0 Å². The van der Waals surface area contributed by atoms with Gasteiger partial charge < -0.3 is 10.0 Å². The number of likely N-dealkylation sites (tertiary alicyclic amines) is 1. The summed E-state index contributed by atoms with van der Waals surface area (Å²) in [5, 5.41) is 10.7. The number of amides is 1. The summed E-state index contributed by atoms with van der Waals surface area (Å²) in [6.07, 6.45) is 2.20. The van der Waals surface area contributed by atoms with Crippen molar-refractivity contribution in [3.8, 4) is 0 Å². The first-order valence-electron chi connectivity index (χ1n) is 6.67. The van der Waals surface area contributed by atoms with Crippen molar-refractivity contribution < 1.29 is 9.90 Å². The Morgan fingerprint density at radius 1 is 1.37 bits per heavy atom. The number of hydrogen-bond acceptors (Lipinski definition) is 2. The van der Waals surface area contributed by atoms with Gasteiger partial charge in [0, 0.05) is 23.7 Å². The minimum absolute atomic E-state index is 0.000370. The third-order valence-corrected chi connectivity index (χ3v) is 4.18. The van der Waals surface area contributed by atoms with Crippen LogP contribution in [0.2, 0.25) is 5.02 Å². The highest BCUT2D eigenvalue weighted by Crippen LogP contribution is 2.23. The van der Waals surface area contributed by atoms with Crippen molar-refractivity contribution in [2.45, 2.75) is 38.7 Å². The smallest absolute Gasteiger partial charge is 0.253 e. The van der Waals surface area contributed by atoms with E-state index in [0.717, 1.165) is 18.4 Å². The molecule has 0 bridgehead atoms. The summed E-state index contributed by atoms with van der Waals surface area (Å²) in [6, 6.07) is 5.40. The Hall–Kier alpha value is -1.06. The van der Waals surface area contributed by atoms with E-state index in [1.165, 1.54) is 0 Å². The summed E-state index contributed by atoms with van der Waals surface area (Å²) < 4.78 is 0. The summed E-state index contributed by atoms with van der Waals surface area (Å²) in [7, 11) is 0. The minimum Gasteiger partial charge on any atom is -0.390 e. The van der Waals surface area contributed by atoms with Gasteiger partial charge in [-0.3, -0.25) is 4.79 Å². The van der Waals surface area contributed by atoms with Crippen molar-refractivity contribution in [3.63, 3.8) is 0 Å². The largest absolute Gasteiger partial charge is 0.390 e. The fraction of sp³-hybridized carbons (Fsp3) is 0.533. The fourth-order valence-electron chi connectivity index (χ4n) is 2.37. The van der Waals surface area contributed by atoms with Gasteiger partial charge in [-0.1, -0.05) is 17.7 Å². The lowest BCUT2D eigenvalue weighted by Crippen LogP contribution is -2.33. The van der Waals surface area contributed by atoms with Gasteiger partial charge >= 0.3 is 0 Å². The third kappa shape index (κ3) is 3.48. The Balaban J connectivity index is 2.13. The average molecular weight is 282 g/mol. The van der Waals surface area contributed by atoms with Crippen LogP contribution in [0.1, 0.15) is 42.1 Å². The molecule has 2 rings (SSSR count). The molecule has 1 heterocycles. The number of rotatable bonds is 1.